The second-order valence-corrected chi connectivity index (χ2v) is 12.5. The molecular weight excluding hydrogens is 528 g/mol. The average Bonchev–Trinajstić information content (AvgIpc) is 3.38. The quantitative estimate of drug-likeness (QED) is 0.189. The molecule has 2 aromatic carbocycles. The summed E-state index contributed by atoms with van der Waals surface area (Å²) in [5, 5.41) is 0. The number of hydrogen-bond acceptors (Lipinski definition) is 6. The molecule has 1 aliphatic heterocycles. The average molecular weight is 577 g/mol. The van der Waals surface area contributed by atoms with Gasteiger partial charge in [0.1, 0.15) is 0 Å². The highest BCUT2D eigenvalue weighted by molar-refractivity contribution is 5.86. The van der Waals surface area contributed by atoms with Crippen molar-refractivity contribution in [2.75, 3.05) is 0 Å². The molecular formula is C36H48O6. The van der Waals surface area contributed by atoms with Gasteiger partial charge in [0.15, 0.2) is 18.0 Å². The van der Waals surface area contributed by atoms with Crippen LogP contribution in [0.25, 0.3) is 0 Å². The first-order valence-electron chi connectivity index (χ1n) is 15.6. The highest BCUT2D eigenvalue weighted by Gasteiger charge is 2.58. The third kappa shape index (κ3) is 7.15. The first-order chi connectivity index (χ1) is 20.1. The summed E-state index contributed by atoms with van der Waals surface area (Å²) in [5.41, 5.74) is 2.16. The van der Waals surface area contributed by atoms with Gasteiger partial charge in [-0.15, -0.1) is 6.58 Å². The minimum Gasteiger partial charge on any atom is -0.461 e. The molecule has 0 spiro atoms. The normalized spacial score (nSPS) is 26.1. The van der Waals surface area contributed by atoms with Crippen molar-refractivity contribution >= 4 is 11.9 Å². The van der Waals surface area contributed by atoms with Crippen molar-refractivity contribution in [3.8, 4) is 0 Å². The SMILES string of the molecule is C=CC(CC1(c2ccccc2)O[C@@H](C(=O)OC(C)C)[C@H](C(=O)OC(C)C)O1)C1(CCC)CCC(c2ccccc2)CC1. The zero-order chi connectivity index (χ0) is 30.3. The molecule has 6 heteroatoms. The molecule has 2 fully saturated rings. The van der Waals surface area contributed by atoms with Gasteiger partial charge in [-0.1, -0.05) is 80.1 Å². The lowest BCUT2D eigenvalue weighted by molar-refractivity contribution is -0.210. The van der Waals surface area contributed by atoms with E-state index in [1.54, 1.807) is 27.7 Å². The summed E-state index contributed by atoms with van der Waals surface area (Å²) < 4.78 is 24.3. The standard InChI is InChI=1S/C36H48O6/c1-7-21-35(22-19-28(20-23-35)27-15-11-9-12-16-27)29(8-2)24-36(30-17-13-10-14-18-30)41-31(33(37)39-25(3)4)32(42-36)34(38)40-26(5)6/h8-18,25-26,28-29,31-32H,2,7,19-24H2,1,3-6H3/t28?,29?,31-,32-,35?/m1/s1. The Hall–Kier alpha value is -2.96. The summed E-state index contributed by atoms with van der Waals surface area (Å²) in [6.45, 7) is 13.6. The van der Waals surface area contributed by atoms with E-state index in [2.05, 4.69) is 43.8 Å². The molecule has 2 aromatic rings. The van der Waals surface area contributed by atoms with Gasteiger partial charge < -0.3 is 18.9 Å². The zero-order valence-electron chi connectivity index (χ0n) is 25.9. The number of benzene rings is 2. The van der Waals surface area contributed by atoms with Crippen molar-refractivity contribution in [3.05, 3.63) is 84.4 Å². The highest BCUT2D eigenvalue weighted by Crippen LogP contribution is 2.55. The lowest BCUT2D eigenvalue weighted by Gasteiger charge is -2.47. The van der Waals surface area contributed by atoms with Crippen molar-refractivity contribution in [3.63, 3.8) is 0 Å². The molecule has 2 aliphatic rings. The maximum atomic E-state index is 13.3. The van der Waals surface area contributed by atoms with E-state index in [4.69, 9.17) is 18.9 Å². The first kappa shape index (κ1) is 32.0. The van der Waals surface area contributed by atoms with Crippen molar-refractivity contribution in [1.82, 2.24) is 0 Å². The van der Waals surface area contributed by atoms with Crippen LogP contribution in [-0.2, 0) is 34.3 Å². The van der Waals surface area contributed by atoms with E-state index in [1.165, 1.54) is 5.56 Å². The Balaban J connectivity index is 1.69. The predicted molar refractivity (Wildman–Crippen MR) is 164 cm³/mol. The van der Waals surface area contributed by atoms with Gasteiger partial charge in [0.25, 0.3) is 0 Å². The van der Waals surface area contributed by atoms with Crippen LogP contribution in [0.1, 0.15) is 96.6 Å². The van der Waals surface area contributed by atoms with Gasteiger partial charge in [-0.2, -0.15) is 0 Å². The Bertz CT molecular complexity index is 1140. The zero-order valence-corrected chi connectivity index (χ0v) is 25.9. The van der Waals surface area contributed by atoms with E-state index < -0.39 is 29.9 Å². The smallest absolute Gasteiger partial charge is 0.339 e. The molecule has 6 nitrogen and oxygen atoms in total. The van der Waals surface area contributed by atoms with Crippen molar-refractivity contribution in [1.29, 1.82) is 0 Å². The molecule has 4 rings (SSSR count). The Kier molecular flexibility index (Phi) is 10.7. The molecule has 1 unspecified atom stereocenters. The van der Waals surface area contributed by atoms with Crippen LogP contribution in [0.4, 0.5) is 0 Å². The van der Waals surface area contributed by atoms with Crippen LogP contribution in [0.2, 0.25) is 0 Å². The molecule has 0 radical (unpaired) electrons. The largest absolute Gasteiger partial charge is 0.461 e. The number of hydrogen-bond donors (Lipinski definition) is 0. The summed E-state index contributed by atoms with van der Waals surface area (Å²) in [4.78, 5) is 26.6. The maximum absolute atomic E-state index is 13.3. The molecule has 0 N–H and O–H groups in total. The third-order valence-electron chi connectivity index (χ3n) is 8.85. The minimum absolute atomic E-state index is 0.000741. The van der Waals surface area contributed by atoms with Gasteiger partial charge in [-0.3, -0.25) is 0 Å². The Morgan fingerprint density at radius 2 is 1.38 bits per heavy atom. The van der Waals surface area contributed by atoms with Crippen LogP contribution in [0.5, 0.6) is 0 Å². The fourth-order valence-electron chi connectivity index (χ4n) is 6.94. The lowest BCUT2D eigenvalue weighted by Crippen LogP contribution is -2.40. The minimum atomic E-state index is -1.35. The van der Waals surface area contributed by atoms with Gasteiger partial charge in [-0.05, 0) is 82.6 Å². The van der Waals surface area contributed by atoms with Gasteiger partial charge >= 0.3 is 11.9 Å². The van der Waals surface area contributed by atoms with E-state index in [0.717, 1.165) is 44.1 Å². The summed E-state index contributed by atoms with van der Waals surface area (Å²) >= 11 is 0. The number of allylic oxidation sites excluding steroid dienone is 1. The molecule has 0 bridgehead atoms. The van der Waals surface area contributed by atoms with Crippen molar-refractivity contribution < 1.29 is 28.5 Å². The fraction of sp³-hybridized carbons (Fsp3) is 0.556. The van der Waals surface area contributed by atoms with Crippen LogP contribution in [0.3, 0.4) is 0 Å². The fourth-order valence-corrected chi connectivity index (χ4v) is 6.94. The van der Waals surface area contributed by atoms with Gasteiger partial charge in [0.2, 0.25) is 0 Å². The Morgan fingerprint density at radius 1 is 0.881 bits per heavy atom. The molecule has 0 aromatic heterocycles. The number of carbonyl (C=O) groups is 2. The van der Waals surface area contributed by atoms with Crippen LogP contribution in [0, 0.1) is 11.3 Å². The summed E-state index contributed by atoms with van der Waals surface area (Å²) in [7, 11) is 0. The molecule has 1 saturated heterocycles. The molecule has 1 heterocycles. The van der Waals surface area contributed by atoms with Gasteiger partial charge in [0, 0.05) is 12.0 Å². The Labute approximate surface area is 251 Å². The van der Waals surface area contributed by atoms with E-state index >= 15 is 0 Å². The van der Waals surface area contributed by atoms with Crippen LogP contribution in [0.15, 0.2) is 73.3 Å². The Morgan fingerprint density at radius 3 is 1.83 bits per heavy atom. The predicted octanol–water partition coefficient (Wildman–Crippen LogP) is 7.86. The number of rotatable bonds is 12. The topological polar surface area (TPSA) is 71.1 Å². The number of ether oxygens (including phenoxy) is 4. The molecule has 1 saturated carbocycles. The van der Waals surface area contributed by atoms with Crippen LogP contribution in [-0.4, -0.2) is 36.4 Å². The second-order valence-electron chi connectivity index (χ2n) is 12.5. The molecule has 1 aliphatic carbocycles. The molecule has 3 atom stereocenters. The molecule has 0 amide bonds. The number of esters is 2. The highest BCUT2D eigenvalue weighted by atomic mass is 16.8. The third-order valence-corrected chi connectivity index (χ3v) is 8.85. The van der Waals surface area contributed by atoms with Gasteiger partial charge in [-0.25, -0.2) is 9.59 Å². The monoisotopic (exact) mass is 576 g/mol. The van der Waals surface area contributed by atoms with Crippen molar-refractivity contribution in [2.24, 2.45) is 11.3 Å². The van der Waals surface area contributed by atoms with E-state index in [0.29, 0.717) is 12.3 Å². The molecule has 228 valence electrons. The van der Waals surface area contributed by atoms with Crippen LogP contribution >= 0.6 is 0 Å². The maximum Gasteiger partial charge on any atom is 0.339 e. The lowest BCUT2D eigenvalue weighted by atomic mass is 9.59. The first-order valence-corrected chi connectivity index (χ1v) is 15.6. The van der Waals surface area contributed by atoms with E-state index in [1.807, 2.05) is 36.4 Å². The second kappa shape index (κ2) is 14.0. The van der Waals surface area contributed by atoms with Gasteiger partial charge in [0.05, 0.1) is 12.2 Å². The van der Waals surface area contributed by atoms with E-state index in [9.17, 15) is 9.59 Å². The van der Waals surface area contributed by atoms with E-state index in [-0.39, 0.29) is 23.5 Å². The summed E-state index contributed by atoms with van der Waals surface area (Å²) in [6.07, 6.45) is 5.62. The van der Waals surface area contributed by atoms with Crippen molar-refractivity contribution in [2.45, 2.75) is 116 Å². The number of carbonyl (C=O) groups excluding carboxylic acids is 2. The summed E-state index contributed by atoms with van der Waals surface area (Å²) in [6, 6.07) is 20.4. The van der Waals surface area contributed by atoms with Crippen LogP contribution < -0.4 is 0 Å². The summed E-state index contributed by atoms with van der Waals surface area (Å²) in [5.74, 6) is -2.05. The molecule has 42 heavy (non-hydrogen) atoms.